The summed E-state index contributed by atoms with van der Waals surface area (Å²) in [6, 6.07) is 18.5. The van der Waals surface area contributed by atoms with E-state index in [0.717, 1.165) is 55.6 Å². The van der Waals surface area contributed by atoms with Crippen LogP contribution in [0.25, 0.3) is 11.1 Å². The Balaban J connectivity index is 1.80. The van der Waals surface area contributed by atoms with Crippen LogP contribution in [0.4, 0.5) is 0 Å². The number of nitrogens with zero attached hydrogens (tertiary/aromatic N) is 2. The summed E-state index contributed by atoms with van der Waals surface area (Å²) in [7, 11) is 3.86. The van der Waals surface area contributed by atoms with Crippen molar-refractivity contribution < 1.29 is 9.53 Å². The summed E-state index contributed by atoms with van der Waals surface area (Å²) in [5, 5.41) is 0. The Labute approximate surface area is 162 Å². The molecule has 144 valence electrons. The molecule has 0 N–H and O–H groups in total. The molecule has 0 saturated carbocycles. The van der Waals surface area contributed by atoms with Crippen molar-refractivity contribution in [2.45, 2.75) is 25.3 Å². The van der Waals surface area contributed by atoms with Crippen LogP contribution < -0.4 is 0 Å². The van der Waals surface area contributed by atoms with E-state index in [0.29, 0.717) is 12.6 Å². The molecule has 27 heavy (non-hydrogen) atoms. The molecule has 1 heterocycles. The highest BCUT2D eigenvalue weighted by molar-refractivity contribution is 5.95. The zero-order valence-electron chi connectivity index (χ0n) is 16.4. The van der Waals surface area contributed by atoms with Gasteiger partial charge in [0.1, 0.15) is 0 Å². The van der Waals surface area contributed by atoms with Crippen molar-refractivity contribution in [2.75, 3.05) is 40.4 Å². The fourth-order valence-corrected chi connectivity index (χ4v) is 3.76. The summed E-state index contributed by atoms with van der Waals surface area (Å²) in [6.07, 6.45) is 2.94. The molecule has 4 nitrogen and oxygen atoms in total. The van der Waals surface area contributed by atoms with Crippen LogP contribution in [0, 0.1) is 0 Å². The number of rotatable bonds is 7. The molecule has 0 aromatic heterocycles. The van der Waals surface area contributed by atoms with E-state index in [2.05, 4.69) is 35.0 Å². The third-order valence-electron chi connectivity index (χ3n) is 5.35. The van der Waals surface area contributed by atoms with Gasteiger partial charge in [0, 0.05) is 31.9 Å². The lowest BCUT2D eigenvalue weighted by Crippen LogP contribution is -2.47. The van der Waals surface area contributed by atoms with Gasteiger partial charge in [-0.1, -0.05) is 42.5 Å². The number of likely N-dealkylation sites (tertiary alicyclic amines) is 1. The van der Waals surface area contributed by atoms with E-state index in [4.69, 9.17) is 4.74 Å². The molecule has 2 aromatic rings. The fourth-order valence-electron chi connectivity index (χ4n) is 3.76. The Morgan fingerprint density at radius 1 is 1.07 bits per heavy atom. The smallest absolute Gasteiger partial charge is 0.254 e. The van der Waals surface area contributed by atoms with E-state index < -0.39 is 0 Å². The van der Waals surface area contributed by atoms with E-state index in [1.54, 1.807) is 7.11 Å². The predicted molar refractivity (Wildman–Crippen MR) is 110 cm³/mol. The predicted octanol–water partition coefficient (Wildman–Crippen LogP) is 3.93. The molecule has 0 spiro atoms. The van der Waals surface area contributed by atoms with Crippen LogP contribution >= 0.6 is 0 Å². The van der Waals surface area contributed by atoms with Crippen LogP contribution in [-0.4, -0.2) is 62.1 Å². The zero-order chi connectivity index (χ0) is 19.1. The maximum absolute atomic E-state index is 13.4. The first-order valence-corrected chi connectivity index (χ1v) is 9.83. The van der Waals surface area contributed by atoms with Gasteiger partial charge >= 0.3 is 0 Å². The second-order valence-corrected chi connectivity index (χ2v) is 7.33. The molecule has 1 aliphatic rings. The number of ether oxygens (including phenoxy) is 1. The normalized spacial score (nSPS) is 15.6. The van der Waals surface area contributed by atoms with Crippen molar-refractivity contribution in [3.63, 3.8) is 0 Å². The van der Waals surface area contributed by atoms with Gasteiger partial charge < -0.3 is 14.5 Å². The number of hydrogen-bond acceptors (Lipinski definition) is 3. The van der Waals surface area contributed by atoms with Gasteiger partial charge in [0.15, 0.2) is 0 Å². The first kappa shape index (κ1) is 19.6. The maximum Gasteiger partial charge on any atom is 0.254 e. The average molecular weight is 367 g/mol. The lowest BCUT2D eigenvalue weighted by molar-refractivity contribution is 0.0564. The van der Waals surface area contributed by atoms with Crippen LogP contribution in [-0.2, 0) is 4.74 Å². The van der Waals surface area contributed by atoms with E-state index in [1.165, 1.54) is 0 Å². The van der Waals surface area contributed by atoms with Gasteiger partial charge in [-0.15, -0.1) is 0 Å². The second-order valence-electron chi connectivity index (χ2n) is 7.33. The molecule has 0 radical (unpaired) electrons. The standard InChI is InChI=1S/C23H30N2O2/c1-24-15-12-22(13-16-24)25(14-7-17-27-2)23(26)21-11-6-10-20(18-21)19-8-4-3-5-9-19/h3-6,8-11,18,22H,7,12-17H2,1-2H3. The minimum absolute atomic E-state index is 0.137. The van der Waals surface area contributed by atoms with E-state index in [-0.39, 0.29) is 5.91 Å². The minimum Gasteiger partial charge on any atom is -0.385 e. The van der Waals surface area contributed by atoms with Gasteiger partial charge in [-0.3, -0.25) is 4.79 Å². The zero-order valence-corrected chi connectivity index (χ0v) is 16.4. The van der Waals surface area contributed by atoms with Gasteiger partial charge in [-0.05, 0) is 62.7 Å². The summed E-state index contributed by atoms with van der Waals surface area (Å²) in [6.45, 7) is 3.52. The van der Waals surface area contributed by atoms with Crippen molar-refractivity contribution in [3.05, 3.63) is 60.2 Å². The third-order valence-corrected chi connectivity index (χ3v) is 5.35. The molecule has 1 aliphatic heterocycles. The topological polar surface area (TPSA) is 32.8 Å². The van der Waals surface area contributed by atoms with E-state index >= 15 is 0 Å². The quantitative estimate of drug-likeness (QED) is 0.696. The largest absolute Gasteiger partial charge is 0.385 e. The Morgan fingerprint density at radius 2 is 1.78 bits per heavy atom. The minimum atomic E-state index is 0.137. The Hall–Kier alpha value is -2.17. The Kier molecular flexibility index (Phi) is 7.02. The highest BCUT2D eigenvalue weighted by Crippen LogP contribution is 2.23. The summed E-state index contributed by atoms with van der Waals surface area (Å²) < 4.78 is 5.21. The van der Waals surface area contributed by atoms with Crippen molar-refractivity contribution in [1.82, 2.24) is 9.80 Å². The molecule has 0 bridgehead atoms. The summed E-state index contributed by atoms with van der Waals surface area (Å²) in [5.74, 6) is 0.137. The number of methoxy groups -OCH3 is 1. The SMILES string of the molecule is COCCCN(C(=O)c1cccc(-c2ccccc2)c1)C1CCN(C)CC1. The molecule has 1 fully saturated rings. The van der Waals surface area contributed by atoms with Gasteiger partial charge in [0.2, 0.25) is 0 Å². The van der Waals surface area contributed by atoms with Crippen molar-refractivity contribution in [3.8, 4) is 11.1 Å². The van der Waals surface area contributed by atoms with Crippen molar-refractivity contribution in [2.24, 2.45) is 0 Å². The van der Waals surface area contributed by atoms with Crippen LogP contribution in [0.3, 0.4) is 0 Å². The van der Waals surface area contributed by atoms with Crippen molar-refractivity contribution in [1.29, 1.82) is 0 Å². The van der Waals surface area contributed by atoms with E-state index in [1.807, 2.05) is 36.4 Å². The molecule has 1 amide bonds. The fraction of sp³-hybridized carbons (Fsp3) is 0.435. The number of carbonyl (C=O) groups excluding carboxylic acids is 1. The molecular formula is C23H30N2O2. The molecule has 0 unspecified atom stereocenters. The molecule has 0 aliphatic carbocycles. The number of carbonyl (C=O) groups is 1. The van der Waals surface area contributed by atoms with Crippen LogP contribution in [0.5, 0.6) is 0 Å². The Bertz CT molecular complexity index is 724. The van der Waals surface area contributed by atoms with E-state index in [9.17, 15) is 4.79 Å². The van der Waals surface area contributed by atoms with Crippen LogP contribution in [0.15, 0.2) is 54.6 Å². The molecule has 0 atom stereocenters. The first-order valence-electron chi connectivity index (χ1n) is 9.83. The summed E-state index contributed by atoms with van der Waals surface area (Å²) >= 11 is 0. The lowest BCUT2D eigenvalue weighted by Gasteiger charge is -2.37. The van der Waals surface area contributed by atoms with Gasteiger partial charge in [0.05, 0.1) is 0 Å². The summed E-state index contributed by atoms with van der Waals surface area (Å²) in [5.41, 5.74) is 2.99. The van der Waals surface area contributed by atoms with Crippen molar-refractivity contribution >= 4 is 5.91 Å². The second kappa shape index (κ2) is 9.67. The van der Waals surface area contributed by atoms with Gasteiger partial charge in [-0.2, -0.15) is 0 Å². The Morgan fingerprint density at radius 3 is 2.48 bits per heavy atom. The number of hydrogen-bond donors (Lipinski definition) is 0. The van der Waals surface area contributed by atoms with Gasteiger partial charge in [0.25, 0.3) is 5.91 Å². The average Bonchev–Trinajstić information content (AvgIpc) is 2.72. The lowest BCUT2D eigenvalue weighted by atomic mass is 9.99. The van der Waals surface area contributed by atoms with Crippen LogP contribution in [0.1, 0.15) is 29.6 Å². The van der Waals surface area contributed by atoms with Crippen LogP contribution in [0.2, 0.25) is 0 Å². The highest BCUT2D eigenvalue weighted by Gasteiger charge is 2.27. The molecular weight excluding hydrogens is 336 g/mol. The monoisotopic (exact) mass is 366 g/mol. The number of piperidine rings is 1. The molecule has 4 heteroatoms. The molecule has 2 aromatic carbocycles. The summed E-state index contributed by atoms with van der Waals surface area (Å²) in [4.78, 5) is 17.8. The highest BCUT2D eigenvalue weighted by atomic mass is 16.5. The number of benzene rings is 2. The first-order chi connectivity index (χ1) is 13.2. The molecule has 1 saturated heterocycles. The molecule has 3 rings (SSSR count). The van der Waals surface area contributed by atoms with Gasteiger partial charge in [-0.25, -0.2) is 0 Å². The third kappa shape index (κ3) is 5.18. The number of amides is 1. The maximum atomic E-state index is 13.4.